The summed E-state index contributed by atoms with van der Waals surface area (Å²) in [6, 6.07) is 12.4. The number of aromatic nitrogens is 3. The number of aliphatic imine (C=N–C) groups is 1. The van der Waals surface area contributed by atoms with Crippen LogP contribution in [0.5, 0.6) is 0 Å². The maximum absolute atomic E-state index is 13.6. The van der Waals surface area contributed by atoms with Gasteiger partial charge in [-0.05, 0) is 50.2 Å². The minimum absolute atomic E-state index is 0.00963. The molecule has 0 spiro atoms. The van der Waals surface area contributed by atoms with Gasteiger partial charge in [-0.3, -0.25) is 9.79 Å². The molecule has 3 atom stereocenters. The van der Waals surface area contributed by atoms with Gasteiger partial charge < -0.3 is 9.80 Å². The van der Waals surface area contributed by atoms with Gasteiger partial charge in [0.25, 0.3) is 5.91 Å². The molecule has 7 nitrogen and oxygen atoms in total. The number of dihydropyridines is 1. The van der Waals surface area contributed by atoms with E-state index in [1.807, 2.05) is 33.7 Å². The Bertz CT molecular complexity index is 1330. The fraction of sp³-hybridized carbons (Fsp3) is 0.448. The van der Waals surface area contributed by atoms with Crippen molar-refractivity contribution in [1.82, 2.24) is 19.5 Å². The Hall–Kier alpha value is -3.48. The summed E-state index contributed by atoms with van der Waals surface area (Å²) in [6.07, 6.45) is 10.3. The molecule has 7 heteroatoms. The Morgan fingerprint density at radius 2 is 1.94 bits per heavy atom. The minimum atomic E-state index is -0.0496. The molecule has 3 aliphatic rings. The Morgan fingerprint density at radius 1 is 1.08 bits per heavy atom. The van der Waals surface area contributed by atoms with Crippen molar-refractivity contribution < 1.29 is 4.79 Å². The fourth-order valence-electron chi connectivity index (χ4n) is 5.83. The molecule has 1 aromatic carbocycles. The SMILES string of the molecule is Cc1cn2nc([C@@H]3CCCCN3C(=O)C3=NCC(c4ccccc4)C=C3)cc2nc1N1CC[C@H](C)C1. The van der Waals surface area contributed by atoms with Crippen molar-refractivity contribution in [3.05, 3.63) is 71.6 Å². The van der Waals surface area contributed by atoms with E-state index >= 15 is 0 Å². The number of likely N-dealkylation sites (tertiary alicyclic amines) is 1. The number of carbonyl (C=O) groups excluding carboxylic acids is 1. The Morgan fingerprint density at radius 3 is 2.69 bits per heavy atom. The molecule has 1 unspecified atom stereocenters. The molecule has 0 saturated carbocycles. The van der Waals surface area contributed by atoms with Crippen molar-refractivity contribution in [2.45, 2.75) is 51.5 Å². The highest BCUT2D eigenvalue weighted by Crippen LogP contribution is 2.33. The number of anilines is 1. The normalized spacial score (nSPS) is 24.4. The number of piperidine rings is 1. The van der Waals surface area contributed by atoms with Crippen LogP contribution in [0.3, 0.4) is 0 Å². The lowest BCUT2D eigenvalue weighted by molar-refractivity contribution is -0.127. The van der Waals surface area contributed by atoms with Gasteiger partial charge in [0.15, 0.2) is 5.65 Å². The predicted octanol–water partition coefficient (Wildman–Crippen LogP) is 4.73. The molecule has 2 aromatic heterocycles. The van der Waals surface area contributed by atoms with Gasteiger partial charge in [-0.25, -0.2) is 9.50 Å². The predicted molar refractivity (Wildman–Crippen MR) is 143 cm³/mol. The second-order valence-corrected chi connectivity index (χ2v) is 10.6. The Labute approximate surface area is 212 Å². The maximum atomic E-state index is 13.6. The first-order chi connectivity index (χ1) is 17.6. The molecule has 36 heavy (non-hydrogen) atoms. The van der Waals surface area contributed by atoms with E-state index in [0.29, 0.717) is 18.2 Å². The lowest BCUT2D eigenvalue weighted by atomic mass is 9.95. The van der Waals surface area contributed by atoms with Gasteiger partial charge in [-0.1, -0.05) is 43.3 Å². The van der Waals surface area contributed by atoms with E-state index < -0.39 is 0 Å². The number of hydrogen-bond donors (Lipinski definition) is 0. The van der Waals surface area contributed by atoms with Gasteiger partial charge >= 0.3 is 0 Å². The second kappa shape index (κ2) is 9.52. The van der Waals surface area contributed by atoms with Crippen LogP contribution < -0.4 is 4.90 Å². The van der Waals surface area contributed by atoms with Crippen molar-refractivity contribution in [2.75, 3.05) is 31.1 Å². The van der Waals surface area contributed by atoms with Crippen LogP contribution in [0, 0.1) is 12.8 Å². The molecular weight excluding hydrogens is 448 g/mol. The standard InChI is InChI=1S/C29H34N6O/c1-20-13-15-33(18-20)28-21(2)19-35-27(31-28)16-25(32-35)26-10-6-7-14-34(26)29(36)24-12-11-23(17-30-24)22-8-4-3-5-9-22/h3-5,8-9,11-12,16,19-20,23,26H,6-7,10,13-15,17-18H2,1-2H3/t20-,23?,26-/m0/s1. The van der Waals surface area contributed by atoms with E-state index in [-0.39, 0.29) is 17.9 Å². The number of hydrogen-bond acceptors (Lipinski definition) is 5. The zero-order chi connectivity index (χ0) is 24.6. The first-order valence-corrected chi connectivity index (χ1v) is 13.3. The summed E-state index contributed by atoms with van der Waals surface area (Å²) in [5, 5.41) is 4.89. The van der Waals surface area contributed by atoms with Crippen molar-refractivity contribution in [3.63, 3.8) is 0 Å². The zero-order valence-corrected chi connectivity index (χ0v) is 21.2. The smallest absolute Gasteiger partial charge is 0.272 e. The van der Waals surface area contributed by atoms with E-state index in [1.165, 1.54) is 12.0 Å². The third-order valence-electron chi connectivity index (χ3n) is 7.84. The quantitative estimate of drug-likeness (QED) is 0.539. The van der Waals surface area contributed by atoms with Crippen LogP contribution in [-0.2, 0) is 4.79 Å². The van der Waals surface area contributed by atoms with Crippen LogP contribution >= 0.6 is 0 Å². The summed E-state index contributed by atoms with van der Waals surface area (Å²) < 4.78 is 1.88. The molecule has 1 amide bonds. The summed E-state index contributed by atoms with van der Waals surface area (Å²) in [6.45, 7) is 7.85. The average molecular weight is 483 g/mol. The summed E-state index contributed by atoms with van der Waals surface area (Å²) in [5.74, 6) is 1.99. The van der Waals surface area contributed by atoms with Crippen molar-refractivity contribution in [3.8, 4) is 0 Å². The number of benzene rings is 1. The summed E-state index contributed by atoms with van der Waals surface area (Å²) in [7, 11) is 0. The first kappa shape index (κ1) is 23.0. The molecule has 6 rings (SSSR count). The number of aryl methyl sites for hydroxylation is 1. The van der Waals surface area contributed by atoms with Gasteiger partial charge in [-0.2, -0.15) is 5.10 Å². The Kier molecular flexibility index (Phi) is 6.07. The van der Waals surface area contributed by atoms with Crippen LogP contribution in [0.4, 0.5) is 5.82 Å². The van der Waals surface area contributed by atoms with Gasteiger partial charge in [-0.15, -0.1) is 0 Å². The van der Waals surface area contributed by atoms with E-state index in [9.17, 15) is 4.79 Å². The van der Waals surface area contributed by atoms with Crippen LogP contribution in [0.25, 0.3) is 5.65 Å². The van der Waals surface area contributed by atoms with Crippen LogP contribution in [0.2, 0.25) is 0 Å². The van der Waals surface area contributed by atoms with E-state index in [2.05, 4.69) is 49.2 Å². The molecule has 2 saturated heterocycles. The topological polar surface area (TPSA) is 66.1 Å². The highest BCUT2D eigenvalue weighted by atomic mass is 16.2. The third kappa shape index (κ3) is 4.31. The highest BCUT2D eigenvalue weighted by Gasteiger charge is 2.32. The minimum Gasteiger partial charge on any atom is -0.356 e. The van der Waals surface area contributed by atoms with E-state index in [1.54, 1.807) is 0 Å². The van der Waals surface area contributed by atoms with Crippen molar-refractivity contribution in [1.29, 1.82) is 0 Å². The van der Waals surface area contributed by atoms with E-state index in [4.69, 9.17) is 15.1 Å². The number of amides is 1. The second-order valence-electron chi connectivity index (χ2n) is 10.6. The third-order valence-corrected chi connectivity index (χ3v) is 7.84. The number of fused-ring (bicyclic) bond motifs is 1. The van der Waals surface area contributed by atoms with Gasteiger partial charge in [0.2, 0.25) is 0 Å². The highest BCUT2D eigenvalue weighted by molar-refractivity contribution is 6.43. The van der Waals surface area contributed by atoms with Gasteiger partial charge in [0.05, 0.1) is 18.3 Å². The molecule has 3 aliphatic heterocycles. The Balaban J connectivity index is 1.23. The first-order valence-electron chi connectivity index (χ1n) is 13.3. The van der Waals surface area contributed by atoms with Crippen LogP contribution in [-0.4, -0.2) is 57.3 Å². The molecule has 0 aliphatic carbocycles. The largest absolute Gasteiger partial charge is 0.356 e. The molecule has 5 heterocycles. The monoisotopic (exact) mass is 482 g/mol. The molecule has 2 fully saturated rings. The number of rotatable bonds is 4. The van der Waals surface area contributed by atoms with Crippen molar-refractivity contribution in [2.24, 2.45) is 10.9 Å². The molecular formula is C29H34N6O. The summed E-state index contributed by atoms with van der Waals surface area (Å²) in [4.78, 5) is 27.7. The lowest BCUT2D eigenvalue weighted by Crippen LogP contribution is -2.42. The number of nitrogens with zero attached hydrogens (tertiary/aromatic N) is 6. The maximum Gasteiger partial charge on any atom is 0.272 e. The summed E-state index contributed by atoms with van der Waals surface area (Å²) in [5.41, 5.74) is 4.69. The van der Waals surface area contributed by atoms with Gasteiger partial charge in [0, 0.05) is 43.4 Å². The van der Waals surface area contributed by atoms with Gasteiger partial charge in [0.1, 0.15) is 11.5 Å². The lowest BCUT2D eigenvalue weighted by Gasteiger charge is -2.35. The molecule has 186 valence electrons. The summed E-state index contributed by atoms with van der Waals surface area (Å²) >= 11 is 0. The fourth-order valence-corrected chi connectivity index (χ4v) is 5.83. The van der Waals surface area contributed by atoms with Crippen LogP contribution in [0.15, 0.2) is 59.7 Å². The molecule has 0 bridgehead atoms. The average Bonchev–Trinajstić information content (AvgIpc) is 3.54. The number of carbonyl (C=O) groups is 1. The van der Waals surface area contributed by atoms with Crippen LogP contribution in [0.1, 0.15) is 61.4 Å². The van der Waals surface area contributed by atoms with Crippen molar-refractivity contribution >= 4 is 23.1 Å². The molecule has 0 N–H and O–H groups in total. The molecule has 3 aromatic rings. The zero-order valence-electron chi connectivity index (χ0n) is 21.2. The molecule has 0 radical (unpaired) electrons. The van der Waals surface area contributed by atoms with E-state index in [0.717, 1.165) is 61.6 Å².